The van der Waals surface area contributed by atoms with Crippen molar-refractivity contribution in [1.29, 1.82) is 0 Å². The molecule has 1 aliphatic heterocycles. The fourth-order valence-corrected chi connectivity index (χ4v) is 3.05. The molecular weight excluding hydrogens is 326 g/mol. The summed E-state index contributed by atoms with van der Waals surface area (Å²) in [4.78, 5) is 26.6. The quantitative estimate of drug-likeness (QED) is 0.788. The van der Waals surface area contributed by atoms with Crippen LogP contribution in [0.15, 0.2) is 71.8 Å². The largest absolute Gasteiger partial charge is 0.318 e. The van der Waals surface area contributed by atoms with E-state index in [1.165, 1.54) is 5.56 Å². The highest BCUT2D eigenvalue weighted by Gasteiger charge is 2.34. The highest BCUT2D eigenvalue weighted by atomic mass is 16.2. The summed E-state index contributed by atoms with van der Waals surface area (Å²) in [6.45, 7) is 4.33. The highest BCUT2D eigenvalue weighted by molar-refractivity contribution is 5.97. The molecule has 0 spiro atoms. The standard InChI is InChI=1S/C21H23N3O2/c1-15-16(2)21(26)24(14-13-17-9-5-3-6-10-17)19(15)22-23-20(25)18-11-7-4-8-12-18/h3-12,19,22H,13-14H2,1-2H3,(H,23,25). The van der Waals surface area contributed by atoms with Gasteiger partial charge in [0.05, 0.1) is 0 Å². The Morgan fingerprint density at radius 1 is 1.00 bits per heavy atom. The normalized spacial score (nSPS) is 16.9. The number of benzene rings is 2. The molecule has 3 rings (SSSR count). The van der Waals surface area contributed by atoms with Crippen molar-refractivity contribution >= 4 is 11.8 Å². The van der Waals surface area contributed by atoms with Crippen LogP contribution in [0.2, 0.25) is 0 Å². The predicted octanol–water partition coefficient (Wildman–Crippen LogP) is 2.67. The molecule has 26 heavy (non-hydrogen) atoms. The Morgan fingerprint density at radius 3 is 2.27 bits per heavy atom. The van der Waals surface area contributed by atoms with Crippen LogP contribution in [-0.4, -0.2) is 29.4 Å². The fourth-order valence-electron chi connectivity index (χ4n) is 3.05. The summed E-state index contributed by atoms with van der Waals surface area (Å²) in [5.74, 6) is -0.219. The molecule has 2 N–H and O–H groups in total. The molecular formula is C21H23N3O2. The van der Waals surface area contributed by atoms with Crippen molar-refractivity contribution in [1.82, 2.24) is 15.8 Å². The van der Waals surface area contributed by atoms with Crippen LogP contribution in [-0.2, 0) is 11.2 Å². The van der Waals surface area contributed by atoms with Gasteiger partial charge in [0.25, 0.3) is 11.8 Å². The number of carbonyl (C=O) groups is 2. The molecule has 2 aromatic rings. The van der Waals surface area contributed by atoms with Crippen LogP contribution in [0.25, 0.3) is 0 Å². The molecule has 0 fully saturated rings. The van der Waals surface area contributed by atoms with Gasteiger partial charge in [-0.15, -0.1) is 0 Å². The van der Waals surface area contributed by atoms with Crippen molar-refractivity contribution < 1.29 is 9.59 Å². The summed E-state index contributed by atoms with van der Waals surface area (Å²) in [6, 6.07) is 19.0. The van der Waals surface area contributed by atoms with Gasteiger partial charge >= 0.3 is 0 Å². The van der Waals surface area contributed by atoms with Crippen LogP contribution in [0.3, 0.4) is 0 Å². The van der Waals surface area contributed by atoms with Crippen molar-refractivity contribution in [3.8, 4) is 0 Å². The third-order valence-electron chi connectivity index (χ3n) is 4.74. The van der Waals surface area contributed by atoms with Crippen LogP contribution < -0.4 is 10.9 Å². The number of rotatable bonds is 6. The summed E-state index contributed by atoms with van der Waals surface area (Å²) in [7, 11) is 0. The van der Waals surface area contributed by atoms with Crippen LogP contribution in [0, 0.1) is 0 Å². The van der Waals surface area contributed by atoms with E-state index in [4.69, 9.17) is 0 Å². The average Bonchev–Trinajstić information content (AvgIpc) is 2.89. The Hall–Kier alpha value is -2.92. The van der Waals surface area contributed by atoms with Gasteiger partial charge in [-0.3, -0.25) is 15.0 Å². The zero-order valence-electron chi connectivity index (χ0n) is 15.0. The first kappa shape index (κ1) is 17.9. The number of nitrogens with zero attached hydrogens (tertiary/aromatic N) is 1. The van der Waals surface area contributed by atoms with Gasteiger partial charge in [-0.25, -0.2) is 5.43 Å². The Labute approximate surface area is 153 Å². The predicted molar refractivity (Wildman–Crippen MR) is 101 cm³/mol. The second kappa shape index (κ2) is 7.97. The monoisotopic (exact) mass is 349 g/mol. The Balaban J connectivity index is 1.66. The zero-order chi connectivity index (χ0) is 18.5. The van der Waals surface area contributed by atoms with E-state index in [0.717, 1.165) is 17.6 Å². The van der Waals surface area contributed by atoms with Crippen molar-refractivity contribution in [3.63, 3.8) is 0 Å². The van der Waals surface area contributed by atoms with Crippen LogP contribution in [0.5, 0.6) is 0 Å². The lowest BCUT2D eigenvalue weighted by atomic mass is 10.1. The summed E-state index contributed by atoms with van der Waals surface area (Å²) in [5.41, 5.74) is 9.15. The lowest BCUT2D eigenvalue weighted by Crippen LogP contribution is -2.53. The molecule has 5 nitrogen and oxygen atoms in total. The number of hydrogen-bond donors (Lipinski definition) is 2. The lowest BCUT2D eigenvalue weighted by molar-refractivity contribution is -0.127. The number of nitrogens with one attached hydrogen (secondary N) is 2. The maximum absolute atomic E-state index is 12.6. The minimum Gasteiger partial charge on any atom is -0.318 e. The summed E-state index contributed by atoms with van der Waals surface area (Å²) < 4.78 is 0. The molecule has 134 valence electrons. The van der Waals surface area contributed by atoms with Gasteiger partial charge in [0.1, 0.15) is 6.17 Å². The fraction of sp³-hybridized carbons (Fsp3) is 0.238. The number of carbonyl (C=O) groups excluding carboxylic acids is 2. The summed E-state index contributed by atoms with van der Waals surface area (Å²) in [5, 5.41) is 0. The van der Waals surface area contributed by atoms with Gasteiger partial charge in [-0.05, 0) is 43.5 Å². The van der Waals surface area contributed by atoms with Crippen molar-refractivity contribution in [3.05, 3.63) is 82.9 Å². The average molecular weight is 349 g/mol. The first-order valence-corrected chi connectivity index (χ1v) is 8.71. The van der Waals surface area contributed by atoms with Crippen molar-refractivity contribution in [2.45, 2.75) is 26.4 Å². The Morgan fingerprint density at radius 2 is 1.62 bits per heavy atom. The number of hydrazine groups is 1. The third kappa shape index (κ3) is 3.83. The molecule has 0 aliphatic carbocycles. The first-order valence-electron chi connectivity index (χ1n) is 8.71. The second-order valence-corrected chi connectivity index (χ2v) is 6.41. The van der Waals surface area contributed by atoms with E-state index < -0.39 is 0 Å². The molecule has 1 aliphatic rings. The first-order chi connectivity index (χ1) is 12.6. The molecule has 1 unspecified atom stereocenters. The maximum atomic E-state index is 12.6. The van der Waals surface area contributed by atoms with Crippen molar-refractivity contribution in [2.24, 2.45) is 0 Å². The number of hydrogen-bond acceptors (Lipinski definition) is 3. The van der Waals surface area contributed by atoms with Crippen LogP contribution in [0.1, 0.15) is 29.8 Å². The molecule has 2 amide bonds. The lowest BCUT2D eigenvalue weighted by Gasteiger charge is -2.27. The van der Waals surface area contributed by atoms with E-state index in [2.05, 4.69) is 10.9 Å². The minimum absolute atomic E-state index is 0.00453. The van der Waals surface area contributed by atoms with Gasteiger partial charge in [0.15, 0.2) is 0 Å². The second-order valence-electron chi connectivity index (χ2n) is 6.41. The van der Waals surface area contributed by atoms with E-state index in [1.54, 1.807) is 17.0 Å². The van der Waals surface area contributed by atoms with E-state index in [1.807, 2.05) is 62.4 Å². The summed E-state index contributed by atoms with van der Waals surface area (Å²) >= 11 is 0. The topological polar surface area (TPSA) is 61.4 Å². The zero-order valence-corrected chi connectivity index (χ0v) is 15.0. The van der Waals surface area contributed by atoms with Gasteiger partial charge in [0, 0.05) is 17.7 Å². The van der Waals surface area contributed by atoms with E-state index >= 15 is 0 Å². The smallest absolute Gasteiger partial charge is 0.265 e. The van der Waals surface area contributed by atoms with Crippen LogP contribution >= 0.6 is 0 Å². The maximum Gasteiger partial charge on any atom is 0.265 e. The van der Waals surface area contributed by atoms with Gasteiger partial charge in [-0.1, -0.05) is 48.5 Å². The molecule has 1 heterocycles. The Kier molecular flexibility index (Phi) is 5.49. The molecule has 0 radical (unpaired) electrons. The van der Waals surface area contributed by atoms with Crippen LogP contribution in [0.4, 0.5) is 0 Å². The molecule has 0 bridgehead atoms. The third-order valence-corrected chi connectivity index (χ3v) is 4.74. The van der Waals surface area contributed by atoms with Gasteiger partial charge in [0.2, 0.25) is 0 Å². The number of amides is 2. The molecule has 1 atom stereocenters. The molecule has 5 heteroatoms. The molecule has 0 saturated heterocycles. The van der Waals surface area contributed by atoms with Crippen molar-refractivity contribution in [2.75, 3.05) is 6.54 Å². The van der Waals surface area contributed by atoms with E-state index in [-0.39, 0.29) is 18.0 Å². The molecule has 0 saturated carbocycles. The minimum atomic E-state index is -0.334. The SMILES string of the molecule is CC1=C(C)C(NNC(=O)c2ccccc2)N(CCc2ccccc2)C1=O. The molecule has 0 aromatic heterocycles. The van der Waals surface area contributed by atoms with Gasteiger partial charge in [-0.2, -0.15) is 0 Å². The Bertz CT molecular complexity index is 816. The van der Waals surface area contributed by atoms with E-state index in [0.29, 0.717) is 12.1 Å². The van der Waals surface area contributed by atoms with E-state index in [9.17, 15) is 9.59 Å². The highest BCUT2D eigenvalue weighted by Crippen LogP contribution is 2.23. The summed E-state index contributed by atoms with van der Waals surface area (Å²) in [6.07, 6.45) is 0.427. The van der Waals surface area contributed by atoms with Gasteiger partial charge < -0.3 is 4.90 Å². The molecule has 2 aromatic carbocycles.